The van der Waals surface area contributed by atoms with Gasteiger partial charge >= 0.3 is 0 Å². The lowest BCUT2D eigenvalue weighted by molar-refractivity contribution is -0.132. The fraction of sp³-hybridized carbons (Fsp3) is 0.952. The molecule has 4 saturated carbocycles. The van der Waals surface area contributed by atoms with Crippen molar-refractivity contribution in [2.45, 2.75) is 84.3 Å². The third-order valence-electron chi connectivity index (χ3n) is 9.40. The Labute approximate surface area is 140 Å². The number of Topliss-reactive ketones (excluding diaryl/α,β-unsaturated/α-hetero) is 1. The van der Waals surface area contributed by atoms with E-state index in [1.165, 1.54) is 44.9 Å². The van der Waals surface area contributed by atoms with E-state index in [2.05, 4.69) is 13.8 Å². The third kappa shape index (κ3) is 1.88. The molecule has 0 aromatic heterocycles. The van der Waals surface area contributed by atoms with Crippen molar-refractivity contribution in [3.8, 4) is 0 Å². The summed E-state index contributed by atoms with van der Waals surface area (Å²) >= 11 is 0. The van der Waals surface area contributed by atoms with E-state index in [1.54, 1.807) is 0 Å². The molecule has 0 aromatic rings. The Hall–Kier alpha value is -0.370. The first-order valence-corrected chi connectivity index (χ1v) is 10.1. The van der Waals surface area contributed by atoms with Crippen molar-refractivity contribution in [2.24, 2.45) is 40.4 Å². The highest BCUT2D eigenvalue weighted by atomic mass is 16.6. The van der Waals surface area contributed by atoms with Crippen molar-refractivity contribution in [3.05, 3.63) is 0 Å². The molecule has 5 fully saturated rings. The van der Waals surface area contributed by atoms with Crippen molar-refractivity contribution in [1.29, 1.82) is 0 Å². The zero-order chi connectivity index (χ0) is 16.0. The predicted molar refractivity (Wildman–Crippen MR) is 89.9 cm³/mol. The molecular formula is C21H32O2. The summed E-state index contributed by atoms with van der Waals surface area (Å²) in [5, 5.41) is 0. The zero-order valence-electron chi connectivity index (χ0n) is 15.0. The highest BCUT2D eigenvalue weighted by molar-refractivity contribution is 5.79. The van der Waals surface area contributed by atoms with Crippen LogP contribution in [-0.4, -0.2) is 18.0 Å². The monoisotopic (exact) mass is 316 g/mol. The van der Waals surface area contributed by atoms with Gasteiger partial charge in [0.15, 0.2) is 0 Å². The van der Waals surface area contributed by atoms with Crippen molar-refractivity contribution in [1.82, 2.24) is 0 Å². The molecule has 0 radical (unpaired) electrons. The standard InChI is InChI=1S/C21H32O2/c1-12(22)15-6-7-16-14-5-4-13-10-18-19(23-18)11-21(13,3)17(14)8-9-20(15,16)2/h13-19H,4-11H2,1-3H3/t13-,14-,15+,16-,17-,18-,19-,20+,21-/m0/s1. The van der Waals surface area contributed by atoms with Crippen LogP contribution >= 0.6 is 0 Å². The first kappa shape index (κ1) is 14.9. The normalized spacial score (nSPS) is 60.2. The SMILES string of the molecule is CC(=O)[C@H]1CC[C@H]2[C@@H]3CC[C@H]4C[C@@H]5O[C@H]5C[C@]4(C)[C@H]3CC[C@]12C. The van der Waals surface area contributed by atoms with Gasteiger partial charge in [-0.2, -0.15) is 0 Å². The van der Waals surface area contributed by atoms with Gasteiger partial charge in [0, 0.05) is 5.92 Å². The van der Waals surface area contributed by atoms with E-state index >= 15 is 0 Å². The Bertz CT molecular complexity index is 542. The molecule has 0 aromatic carbocycles. The van der Waals surface area contributed by atoms with E-state index in [-0.39, 0.29) is 0 Å². The molecule has 0 amide bonds. The van der Waals surface area contributed by atoms with Gasteiger partial charge in [-0.15, -0.1) is 0 Å². The lowest BCUT2D eigenvalue weighted by Crippen LogP contribution is -2.54. The molecule has 9 atom stereocenters. The summed E-state index contributed by atoms with van der Waals surface area (Å²) in [6, 6.07) is 0. The number of ether oxygens (including phenoxy) is 1. The molecule has 0 spiro atoms. The van der Waals surface area contributed by atoms with E-state index in [0.29, 0.717) is 34.7 Å². The molecule has 4 aliphatic carbocycles. The van der Waals surface area contributed by atoms with Crippen LogP contribution in [0.4, 0.5) is 0 Å². The van der Waals surface area contributed by atoms with Gasteiger partial charge < -0.3 is 4.74 Å². The molecule has 5 aliphatic rings. The van der Waals surface area contributed by atoms with Crippen LogP contribution in [0.2, 0.25) is 0 Å². The van der Waals surface area contributed by atoms with Crippen LogP contribution in [0.5, 0.6) is 0 Å². The number of hydrogen-bond donors (Lipinski definition) is 0. The number of carbonyl (C=O) groups excluding carboxylic acids is 1. The van der Waals surface area contributed by atoms with Crippen LogP contribution in [0.15, 0.2) is 0 Å². The predicted octanol–water partition coefficient (Wildman–Crippen LogP) is 4.61. The molecule has 2 nitrogen and oxygen atoms in total. The van der Waals surface area contributed by atoms with E-state index in [9.17, 15) is 4.79 Å². The van der Waals surface area contributed by atoms with Gasteiger partial charge in [0.25, 0.3) is 0 Å². The number of rotatable bonds is 1. The van der Waals surface area contributed by atoms with Gasteiger partial charge in [-0.3, -0.25) is 4.79 Å². The minimum absolute atomic E-state index is 0.309. The van der Waals surface area contributed by atoms with Crippen molar-refractivity contribution < 1.29 is 9.53 Å². The lowest BCUT2D eigenvalue weighted by atomic mass is 9.45. The number of hydrogen-bond acceptors (Lipinski definition) is 2. The van der Waals surface area contributed by atoms with Crippen molar-refractivity contribution in [3.63, 3.8) is 0 Å². The molecule has 0 unspecified atom stereocenters. The van der Waals surface area contributed by atoms with Crippen LogP contribution in [0.3, 0.4) is 0 Å². The Morgan fingerprint density at radius 1 is 0.957 bits per heavy atom. The lowest BCUT2D eigenvalue weighted by Gasteiger charge is -2.59. The van der Waals surface area contributed by atoms with Crippen LogP contribution < -0.4 is 0 Å². The van der Waals surface area contributed by atoms with Crippen LogP contribution in [0.25, 0.3) is 0 Å². The minimum atomic E-state index is 0.309. The molecule has 0 bridgehead atoms. The van der Waals surface area contributed by atoms with Crippen molar-refractivity contribution in [2.75, 3.05) is 0 Å². The summed E-state index contributed by atoms with van der Waals surface area (Å²) in [7, 11) is 0. The van der Waals surface area contributed by atoms with Crippen LogP contribution in [0.1, 0.15) is 72.1 Å². The number of ketones is 1. The molecule has 128 valence electrons. The molecule has 1 heterocycles. The Balaban J connectivity index is 1.46. The maximum absolute atomic E-state index is 12.2. The highest BCUT2D eigenvalue weighted by Crippen LogP contribution is 2.68. The van der Waals surface area contributed by atoms with Crippen LogP contribution in [-0.2, 0) is 9.53 Å². The fourth-order valence-corrected chi connectivity index (χ4v) is 8.19. The maximum atomic E-state index is 12.2. The zero-order valence-corrected chi connectivity index (χ0v) is 15.0. The van der Waals surface area contributed by atoms with Gasteiger partial charge in [-0.25, -0.2) is 0 Å². The van der Waals surface area contributed by atoms with E-state index in [0.717, 1.165) is 30.1 Å². The first-order valence-electron chi connectivity index (χ1n) is 10.1. The van der Waals surface area contributed by atoms with E-state index in [4.69, 9.17) is 4.74 Å². The Kier molecular flexibility index (Phi) is 3.00. The number of epoxide rings is 1. The second-order valence-corrected chi connectivity index (χ2v) is 10.1. The summed E-state index contributed by atoms with van der Waals surface area (Å²) in [6.45, 7) is 6.91. The molecule has 1 saturated heterocycles. The molecular weight excluding hydrogens is 284 g/mol. The summed E-state index contributed by atoms with van der Waals surface area (Å²) in [6.07, 6.45) is 11.8. The molecule has 1 aliphatic heterocycles. The molecule has 2 heteroatoms. The van der Waals surface area contributed by atoms with Gasteiger partial charge in [0.1, 0.15) is 5.78 Å². The summed E-state index contributed by atoms with van der Waals surface area (Å²) in [4.78, 5) is 12.2. The number of fused-ring (bicyclic) bond motifs is 6. The minimum Gasteiger partial charge on any atom is -0.370 e. The van der Waals surface area contributed by atoms with Crippen molar-refractivity contribution >= 4 is 5.78 Å². The molecule has 23 heavy (non-hydrogen) atoms. The fourth-order valence-electron chi connectivity index (χ4n) is 8.19. The average molecular weight is 316 g/mol. The maximum Gasteiger partial charge on any atom is 0.133 e. The summed E-state index contributed by atoms with van der Waals surface area (Å²) in [5.74, 6) is 4.30. The quantitative estimate of drug-likeness (QED) is 0.661. The van der Waals surface area contributed by atoms with Gasteiger partial charge in [-0.1, -0.05) is 13.8 Å². The smallest absolute Gasteiger partial charge is 0.133 e. The van der Waals surface area contributed by atoms with Crippen LogP contribution in [0, 0.1) is 40.4 Å². The van der Waals surface area contributed by atoms with E-state index < -0.39 is 0 Å². The van der Waals surface area contributed by atoms with Gasteiger partial charge in [0.2, 0.25) is 0 Å². The first-order chi connectivity index (χ1) is 10.9. The van der Waals surface area contributed by atoms with Gasteiger partial charge in [-0.05, 0) is 92.8 Å². The number of carbonyl (C=O) groups is 1. The Morgan fingerprint density at radius 3 is 2.52 bits per heavy atom. The Morgan fingerprint density at radius 2 is 1.74 bits per heavy atom. The van der Waals surface area contributed by atoms with E-state index in [1.807, 2.05) is 6.92 Å². The second kappa shape index (κ2) is 4.62. The summed E-state index contributed by atoms with van der Waals surface area (Å²) < 4.78 is 5.92. The topological polar surface area (TPSA) is 29.6 Å². The summed E-state index contributed by atoms with van der Waals surface area (Å²) in [5.41, 5.74) is 0.833. The third-order valence-corrected chi connectivity index (χ3v) is 9.40. The highest BCUT2D eigenvalue weighted by Gasteiger charge is 2.63. The van der Waals surface area contributed by atoms with Gasteiger partial charge in [0.05, 0.1) is 12.2 Å². The molecule has 0 N–H and O–H groups in total. The second-order valence-electron chi connectivity index (χ2n) is 10.1. The molecule has 5 rings (SSSR count). The largest absolute Gasteiger partial charge is 0.370 e. The average Bonchev–Trinajstić information content (AvgIpc) is 3.13.